The van der Waals surface area contributed by atoms with E-state index in [1.54, 1.807) is 4.90 Å². The molecule has 0 radical (unpaired) electrons. The Bertz CT molecular complexity index is 381. The minimum atomic E-state index is 0.0945. The summed E-state index contributed by atoms with van der Waals surface area (Å²) < 4.78 is 0. The molecule has 86 valence electrons. The number of piperazine rings is 1. The molecule has 1 heterocycles. The van der Waals surface area contributed by atoms with E-state index in [1.165, 1.54) is 0 Å². The fourth-order valence-corrected chi connectivity index (χ4v) is 1.79. The molecular formula is C11H15N3O2. The summed E-state index contributed by atoms with van der Waals surface area (Å²) in [7, 11) is 0. The van der Waals surface area contributed by atoms with Crippen LogP contribution in [0.4, 0.5) is 5.69 Å². The highest BCUT2D eigenvalue weighted by molar-refractivity contribution is 5.95. The molecule has 5 nitrogen and oxygen atoms in total. The Hall–Kier alpha value is -1.43. The van der Waals surface area contributed by atoms with E-state index in [9.17, 15) is 4.79 Å². The van der Waals surface area contributed by atoms with Crippen LogP contribution in [0.5, 0.6) is 0 Å². The monoisotopic (exact) mass is 221 g/mol. The van der Waals surface area contributed by atoms with Gasteiger partial charge in [0.25, 0.3) is 0 Å². The number of benzene rings is 1. The first-order valence-corrected chi connectivity index (χ1v) is 5.23. The van der Waals surface area contributed by atoms with Gasteiger partial charge in [0.2, 0.25) is 5.91 Å². The lowest BCUT2D eigenvalue weighted by Gasteiger charge is -2.27. The van der Waals surface area contributed by atoms with Gasteiger partial charge < -0.3 is 10.2 Å². The smallest absolute Gasteiger partial charge is 0.240 e. The first kappa shape index (κ1) is 11.1. The van der Waals surface area contributed by atoms with Crippen molar-refractivity contribution in [3.05, 3.63) is 29.8 Å². The molecule has 0 bridgehead atoms. The van der Waals surface area contributed by atoms with Crippen LogP contribution >= 0.6 is 0 Å². The lowest BCUT2D eigenvalue weighted by molar-refractivity contribution is -0.118. The van der Waals surface area contributed by atoms with Gasteiger partial charge in [0.1, 0.15) is 0 Å². The maximum atomic E-state index is 11.7. The van der Waals surface area contributed by atoms with E-state index < -0.39 is 0 Å². The summed E-state index contributed by atoms with van der Waals surface area (Å²) in [5.41, 5.74) is 1.87. The fraction of sp³-hybridized carbons (Fsp3) is 0.364. The van der Waals surface area contributed by atoms with Crippen LogP contribution in [0.3, 0.4) is 0 Å². The third-order valence-electron chi connectivity index (χ3n) is 2.56. The van der Waals surface area contributed by atoms with Crippen molar-refractivity contribution >= 4 is 11.6 Å². The second-order valence-electron chi connectivity index (χ2n) is 3.70. The molecule has 0 aromatic heterocycles. The lowest BCUT2D eigenvalue weighted by Crippen LogP contribution is -2.48. The number of amides is 1. The van der Waals surface area contributed by atoms with E-state index in [0.717, 1.165) is 17.8 Å². The Morgan fingerprint density at radius 2 is 2.38 bits per heavy atom. The van der Waals surface area contributed by atoms with Gasteiger partial charge in [-0.05, 0) is 17.7 Å². The van der Waals surface area contributed by atoms with Crippen LogP contribution in [0, 0.1) is 0 Å². The Kier molecular flexibility index (Phi) is 3.51. The van der Waals surface area contributed by atoms with Gasteiger partial charge in [0.15, 0.2) is 0 Å². The van der Waals surface area contributed by atoms with Crippen molar-refractivity contribution in [3.8, 4) is 0 Å². The number of hydrogen-bond acceptors (Lipinski definition) is 4. The second-order valence-corrected chi connectivity index (χ2v) is 3.70. The van der Waals surface area contributed by atoms with E-state index in [2.05, 4.69) is 10.2 Å². The van der Waals surface area contributed by atoms with E-state index in [-0.39, 0.29) is 5.91 Å². The molecule has 1 aliphatic heterocycles. The van der Waals surface area contributed by atoms with Crippen molar-refractivity contribution in [1.29, 1.82) is 0 Å². The average Bonchev–Trinajstić information content (AvgIpc) is 2.30. The molecule has 0 saturated carbocycles. The van der Waals surface area contributed by atoms with Crippen molar-refractivity contribution in [2.75, 3.05) is 24.5 Å². The zero-order valence-electron chi connectivity index (χ0n) is 8.98. The predicted molar refractivity (Wildman–Crippen MR) is 60.6 cm³/mol. The summed E-state index contributed by atoms with van der Waals surface area (Å²) in [6, 6.07) is 7.67. The van der Waals surface area contributed by atoms with Gasteiger partial charge in [-0.25, -0.2) is 5.90 Å². The third-order valence-corrected chi connectivity index (χ3v) is 2.56. The Balaban J connectivity index is 2.18. The molecular weight excluding hydrogens is 206 g/mol. The third kappa shape index (κ3) is 2.38. The van der Waals surface area contributed by atoms with Crippen LogP contribution in [0.15, 0.2) is 24.3 Å². The molecule has 0 atom stereocenters. The molecule has 1 amide bonds. The summed E-state index contributed by atoms with van der Waals surface area (Å²) in [5.74, 6) is 5.12. The summed E-state index contributed by atoms with van der Waals surface area (Å²) in [5, 5.41) is 3.04. The van der Waals surface area contributed by atoms with Crippen LogP contribution in [0.2, 0.25) is 0 Å². The SMILES string of the molecule is NOCc1cccc(N2CCNCC2=O)c1. The summed E-state index contributed by atoms with van der Waals surface area (Å²) in [6.45, 7) is 2.28. The Labute approximate surface area is 94.1 Å². The maximum Gasteiger partial charge on any atom is 0.240 e. The minimum Gasteiger partial charge on any atom is -0.310 e. The molecule has 0 aliphatic carbocycles. The number of nitrogens with one attached hydrogen (secondary N) is 1. The Morgan fingerprint density at radius 3 is 3.12 bits per heavy atom. The quantitative estimate of drug-likeness (QED) is 0.706. The van der Waals surface area contributed by atoms with Crippen LogP contribution in [-0.4, -0.2) is 25.5 Å². The summed E-state index contributed by atoms with van der Waals surface area (Å²) in [4.78, 5) is 18.0. The molecule has 0 unspecified atom stereocenters. The highest BCUT2D eigenvalue weighted by Gasteiger charge is 2.18. The summed E-state index contributed by atoms with van der Waals surface area (Å²) in [6.07, 6.45) is 0. The number of nitrogens with two attached hydrogens (primary N) is 1. The largest absolute Gasteiger partial charge is 0.310 e. The van der Waals surface area contributed by atoms with E-state index in [1.807, 2.05) is 24.3 Å². The first-order valence-electron chi connectivity index (χ1n) is 5.23. The summed E-state index contributed by atoms with van der Waals surface area (Å²) >= 11 is 0. The van der Waals surface area contributed by atoms with Crippen molar-refractivity contribution < 1.29 is 9.63 Å². The van der Waals surface area contributed by atoms with Crippen LogP contribution < -0.4 is 16.1 Å². The van der Waals surface area contributed by atoms with Crippen molar-refractivity contribution in [2.24, 2.45) is 5.90 Å². The highest BCUT2D eigenvalue weighted by Crippen LogP contribution is 2.17. The Morgan fingerprint density at radius 1 is 1.50 bits per heavy atom. The number of rotatable bonds is 3. The molecule has 3 N–H and O–H groups in total. The normalized spacial score (nSPS) is 16.6. The van der Waals surface area contributed by atoms with Gasteiger partial charge in [-0.2, -0.15) is 0 Å². The highest BCUT2D eigenvalue weighted by atomic mass is 16.6. The van der Waals surface area contributed by atoms with E-state index >= 15 is 0 Å². The molecule has 1 aliphatic rings. The molecule has 1 fully saturated rings. The number of hydrogen-bond donors (Lipinski definition) is 2. The number of nitrogens with zero attached hydrogens (tertiary/aromatic N) is 1. The fourth-order valence-electron chi connectivity index (χ4n) is 1.79. The van der Waals surface area contributed by atoms with Gasteiger partial charge in [0.05, 0.1) is 13.2 Å². The molecule has 5 heteroatoms. The lowest BCUT2D eigenvalue weighted by atomic mass is 10.2. The van der Waals surface area contributed by atoms with Crippen molar-refractivity contribution in [1.82, 2.24) is 5.32 Å². The number of carbonyl (C=O) groups excluding carboxylic acids is 1. The molecule has 1 aromatic rings. The van der Waals surface area contributed by atoms with Gasteiger partial charge >= 0.3 is 0 Å². The zero-order valence-corrected chi connectivity index (χ0v) is 8.98. The first-order chi connectivity index (χ1) is 7.81. The van der Waals surface area contributed by atoms with Crippen molar-refractivity contribution in [2.45, 2.75) is 6.61 Å². The van der Waals surface area contributed by atoms with Gasteiger partial charge in [-0.3, -0.25) is 9.63 Å². The standard InChI is InChI=1S/C11H15N3O2/c12-16-8-9-2-1-3-10(6-9)14-5-4-13-7-11(14)15/h1-3,6,13H,4-5,7-8,12H2. The maximum absolute atomic E-state index is 11.7. The van der Waals surface area contributed by atoms with Gasteiger partial charge in [-0.1, -0.05) is 12.1 Å². The van der Waals surface area contributed by atoms with Gasteiger partial charge in [-0.15, -0.1) is 0 Å². The van der Waals surface area contributed by atoms with Crippen LogP contribution in [0.25, 0.3) is 0 Å². The molecule has 16 heavy (non-hydrogen) atoms. The van der Waals surface area contributed by atoms with Crippen LogP contribution in [0.1, 0.15) is 5.56 Å². The van der Waals surface area contributed by atoms with E-state index in [0.29, 0.717) is 19.7 Å². The van der Waals surface area contributed by atoms with Crippen molar-refractivity contribution in [3.63, 3.8) is 0 Å². The van der Waals surface area contributed by atoms with E-state index in [4.69, 9.17) is 5.90 Å². The average molecular weight is 221 g/mol. The second kappa shape index (κ2) is 5.07. The topological polar surface area (TPSA) is 67.6 Å². The number of anilines is 1. The number of carbonyl (C=O) groups is 1. The molecule has 2 rings (SSSR count). The van der Waals surface area contributed by atoms with Crippen LogP contribution in [-0.2, 0) is 16.2 Å². The zero-order chi connectivity index (χ0) is 11.4. The van der Waals surface area contributed by atoms with Gasteiger partial charge in [0, 0.05) is 18.8 Å². The minimum absolute atomic E-state index is 0.0945. The molecule has 1 aromatic carbocycles. The molecule has 0 spiro atoms. The predicted octanol–water partition coefficient (Wildman–Crippen LogP) is 0.0131. The molecule has 1 saturated heterocycles.